The molecule has 3 amide bonds. The molecule has 33 heavy (non-hydrogen) atoms. The Kier molecular flexibility index (Phi) is 12.5. The molecule has 0 spiro atoms. The Hall–Kier alpha value is -2.64. The van der Waals surface area contributed by atoms with Crippen LogP contribution < -0.4 is 21.7 Å². The van der Waals surface area contributed by atoms with Crippen molar-refractivity contribution in [1.29, 1.82) is 0 Å². The van der Waals surface area contributed by atoms with E-state index in [9.17, 15) is 29.4 Å². The molecule has 1 rings (SSSR count). The molecular formula is C20H34N6O6S. The number of aliphatic hydroxyl groups is 1. The van der Waals surface area contributed by atoms with Crippen LogP contribution in [0.5, 0.6) is 0 Å². The quantitative estimate of drug-likeness (QED) is 0.156. The second-order valence-electron chi connectivity index (χ2n) is 7.68. The van der Waals surface area contributed by atoms with Gasteiger partial charge in [-0.25, -0.2) is 9.78 Å². The molecule has 1 heterocycles. The summed E-state index contributed by atoms with van der Waals surface area (Å²) in [7, 11) is 0. The number of H-pyrrole nitrogens is 1. The van der Waals surface area contributed by atoms with Crippen molar-refractivity contribution >= 4 is 35.5 Å². The highest BCUT2D eigenvalue weighted by molar-refractivity contribution is 7.98. The number of aromatic nitrogens is 2. The first-order valence-corrected chi connectivity index (χ1v) is 12.0. The summed E-state index contributed by atoms with van der Waals surface area (Å²) in [4.78, 5) is 56.1. The van der Waals surface area contributed by atoms with Crippen LogP contribution in [0.2, 0.25) is 0 Å². The third kappa shape index (κ3) is 9.40. The number of aliphatic carboxylic acids is 1. The molecule has 0 radical (unpaired) electrons. The van der Waals surface area contributed by atoms with E-state index in [1.807, 2.05) is 13.2 Å². The van der Waals surface area contributed by atoms with E-state index in [-0.39, 0.29) is 18.8 Å². The number of carboxylic acids is 1. The molecule has 0 aliphatic rings. The highest BCUT2D eigenvalue weighted by Crippen LogP contribution is 2.07. The van der Waals surface area contributed by atoms with Gasteiger partial charge in [-0.05, 0) is 24.3 Å². The van der Waals surface area contributed by atoms with Gasteiger partial charge in [-0.15, -0.1) is 0 Å². The fourth-order valence-electron chi connectivity index (χ4n) is 2.84. The van der Waals surface area contributed by atoms with E-state index < -0.39 is 54.5 Å². The fraction of sp³-hybridized carbons (Fsp3) is 0.650. The number of imidazole rings is 1. The molecule has 1 aromatic rings. The number of hydrogen-bond acceptors (Lipinski definition) is 8. The summed E-state index contributed by atoms with van der Waals surface area (Å²) in [6.45, 7) is 2.95. The van der Waals surface area contributed by atoms with Crippen LogP contribution in [0.1, 0.15) is 32.4 Å². The summed E-state index contributed by atoms with van der Waals surface area (Å²) in [5.74, 6) is -2.94. The predicted octanol–water partition coefficient (Wildman–Crippen LogP) is -1.39. The van der Waals surface area contributed by atoms with Gasteiger partial charge in [0.15, 0.2) is 0 Å². The number of carbonyl (C=O) groups excluding carboxylic acids is 3. The van der Waals surface area contributed by atoms with E-state index in [1.165, 1.54) is 24.3 Å². The minimum absolute atomic E-state index is 0.00901. The van der Waals surface area contributed by atoms with Gasteiger partial charge in [0.25, 0.3) is 0 Å². The monoisotopic (exact) mass is 486 g/mol. The van der Waals surface area contributed by atoms with Gasteiger partial charge in [-0.1, -0.05) is 20.3 Å². The first-order valence-electron chi connectivity index (χ1n) is 10.6. The average Bonchev–Trinajstić information content (AvgIpc) is 3.31. The maximum atomic E-state index is 12.9. The number of carbonyl (C=O) groups is 4. The van der Waals surface area contributed by atoms with Crippen molar-refractivity contribution in [2.24, 2.45) is 11.7 Å². The number of amides is 3. The van der Waals surface area contributed by atoms with Crippen molar-refractivity contribution in [3.05, 3.63) is 18.2 Å². The summed E-state index contributed by atoms with van der Waals surface area (Å²) in [5.41, 5.74) is 6.40. The Morgan fingerprint density at radius 2 is 1.73 bits per heavy atom. The summed E-state index contributed by atoms with van der Waals surface area (Å²) < 4.78 is 0. The lowest BCUT2D eigenvalue weighted by Crippen LogP contribution is -2.59. The van der Waals surface area contributed by atoms with Gasteiger partial charge in [0.1, 0.15) is 18.1 Å². The second-order valence-corrected chi connectivity index (χ2v) is 8.66. The van der Waals surface area contributed by atoms with E-state index in [4.69, 9.17) is 5.73 Å². The van der Waals surface area contributed by atoms with Crippen LogP contribution in [-0.2, 0) is 25.6 Å². The number of thioether (sulfide) groups is 1. The molecule has 0 saturated carbocycles. The summed E-state index contributed by atoms with van der Waals surface area (Å²) in [5, 5.41) is 26.3. The van der Waals surface area contributed by atoms with Gasteiger partial charge in [0, 0.05) is 18.3 Å². The largest absolute Gasteiger partial charge is 0.480 e. The summed E-state index contributed by atoms with van der Waals surface area (Å²) >= 11 is 1.44. The van der Waals surface area contributed by atoms with E-state index in [2.05, 4.69) is 25.9 Å². The molecule has 0 saturated heterocycles. The maximum absolute atomic E-state index is 12.9. The number of nitrogens with two attached hydrogens (primary N) is 1. The van der Waals surface area contributed by atoms with E-state index in [1.54, 1.807) is 6.92 Å². The minimum atomic E-state index is -1.34. The molecule has 5 atom stereocenters. The standard InChI is InChI=1S/C20H34N6O6S/c1-4-11(2)16(21)19(30)26-15(9-27)18(29)25-14(7-12-8-22-10-23-12)17(28)24-13(20(31)32)5-6-33-3/h8,10-11,13-16,27H,4-7,9,21H2,1-3H3,(H,22,23)(H,24,28)(H,25,29)(H,26,30)(H,31,32). The van der Waals surface area contributed by atoms with Crippen molar-refractivity contribution in [3.8, 4) is 0 Å². The lowest BCUT2D eigenvalue weighted by molar-refractivity contribution is -0.142. The Bertz CT molecular complexity index is 777. The normalized spacial score (nSPS) is 15.5. The predicted molar refractivity (Wildman–Crippen MR) is 123 cm³/mol. The Labute approximate surface area is 196 Å². The summed E-state index contributed by atoms with van der Waals surface area (Å²) in [6.07, 6.45) is 5.53. The molecule has 1 aromatic heterocycles. The SMILES string of the molecule is CCC(C)C(N)C(=O)NC(CO)C(=O)NC(Cc1cnc[nH]1)C(=O)NC(CCSC)C(=O)O. The van der Waals surface area contributed by atoms with Gasteiger partial charge in [-0.3, -0.25) is 14.4 Å². The fourth-order valence-corrected chi connectivity index (χ4v) is 3.31. The van der Waals surface area contributed by atoms with Gasteiger partial charge < -0.3 is 36.9 Å². The van der Waals surface area contributed by atoms with E-state index >= 15 is 0 Å². The maximum Gasteiger partial charge on any atom is 0.326 e. The highest BCUT2D eigenvalue weighted by Gasteiger charge is 2.31. The number of aromatic amines is 1. The minimum Gasteiger partial charge on any atom is -0.480 e. The van der Waals surface area contributed by atoms with Gasteiger partial charge in [-0.2, -0.15) is 11.8 Å². The molecular weight excluding hydrogens is 452 g/mol. The molecule has 0 aromatic carbocycles. The Morgan fingerprint density at radius 1 is 1.12 bits per heavy atom. The molecule has 0 bridgehead atoms. The molecule has 186 valence electrons. The van der Waals surface area contributed by atoms with Crippen molar-refractivity contribution in [2.45, 2.75) is 57.3 Å². The second kappa shape index (κ2) is 14.5. The molecule has 5 unspecified atom stereocenters. The number of nitrogens with zero attached hydrogens (tertiary/aromatic N) is 1. The van der Waals surface area contributed by atoms with Crippen LogP contribution in [0.25, 0.3) is 0 Å². The van der Waals surface area contributed by atoms with Crippen LogP contribution in [-0.4, -0.2) is 86.7 Å². The smallest absolute Gasteiger partial charge is 0.326 e. The van der Waals surface area contributed by atoms with Crippen molar-refractivity contribution in [2.75, 3.05) is 18.6 Å². The number of aliphatic hydroxyl groups excluding tert-OH is 1. The van der Waals surface area contributed by atoms with E-state index in [0.717, 1.165) is 0 Å². The third-order valence-electron chi connectivity index (χ3n) is 5.21. The van der Waals surface area contributed by atoms with Crippen LogP contribution in [0.15, 0.2) is 12.5 Å². The topological polar surface area (TPSA) is 200 Å². The third-order valence-corrected chi connectivity index (χ3v) is 5.86. The number of rotatable bonds is 15. The molecule has 0 fully saturated rings. The summed E-state index contributed by atoms with van der Waals surface area (Å²) in [6, 6.07) is -4.51. The van der Waals surface area contributed by atoms with Gasteiger partial charge >= 0.3 is 5.97 Å². The van der Waals surface area contributed by atoms with Gasteiger partial charge in [0.05, 0.1) is 19.0 Å². The average molecular weight is 487 g/mol. The lowest BCUT2D eigenvalue weighted by Gasteiger charge is -2.25. The highest BCUT2D eigenvalue weighted by atomic mass is 32.2. The Morgan fingerprint density at radius 3 is 2.24 bits per heavy atom. The molecule has 13 heteroatoms. The first-order chi connectivity index (χ1) is 15.6. The van der Waals surface area contributed by atoms with Crippen molar-refractivity contribution in [3.63, 3.8) is 0 Å². The molecule has 0 aliphatic heterocycles. The lowest BCUT2D eigenvalue weighted by atomic mass is 9.99. The Balaban J connectivity index is 2.94. The van der Waals surface area contributed by atoms with Gasteiger partial charge in [0.2, 0.25) is 17.7 Å². The van der Waals surface area contributed by atoms with E-state index in [0.29, 0.717) is 17.9 Å². The zero-order chi connectivity index (χ0) is 25.0. The zero-order valence-corrected chi connectivity index (χ0v) is 19.9. The van der Waals surface area contributed by atoms with Crippen molar-refractivity contribution in [1.82, 2.24) is 25.9 Å². The zero-order valence-electron chi connectivity index (χ0n) is 19.0. The number of hydrogen-bond donors (Lipinski definition) is 7. The van der Waals surface area contributed by atoms with Crippen LogP contribution in [0, 0.1) is 5.92 Å². The van der Waals surface area contributed by atoms with Crippen LogP contribution in [0.4, 0.5) is 0 Å². The van der Waals surface area contributed by atoms with Crippen LogP contribution in [0.3, 0.4) is 0 Å². The molecule has 0 aliphatic carbocycles. The number of carboxylic acid groups (broad SMARTS) is 1. The molecule has 8 N–H and O–H groups in total. The van der Waals surface area contributed by atoms with Crippen LogP contribution >= 0.6 is 11.8 Å². The van der Waals surface area contributed by atoms with Crippen molar-refractivity contribution < 1.29 is 29.4 Å². The molecule has 12 nitrogen and oxygen atoms in total. The number of nitrogens with one attached hydrogen (secondary N) is 4. The first kappa shape index (κ1) is 28.4.